The number of sulfonamides is 1. The van der Waals surface area contributed by atoms with Crippen LogP contribution in [-0.2, 0) is 10.0 Å². The van der Waals surface area contributed by atoms with Crippen LogP contribution in [0.5, 0.6) is 0 Å². The number of hydrogen-bond acceptors (Lipinski definition) is 4. The van der Waals surface area contributed by atoms with Gasteiger partial charge in [0.25, 0.3) is 0 Å². The van der Waals surface area contributed by atoms with Gasteiger partial charge in [-0.1, -0.05) is 0 Å². The molecular weight excluding hydrogens is 360 g/mol. The molecule has 1 unspecified atom stereocenters. The molecule has 0 aliphatic carbocycles. The van der Waals surface area contributed by atoms with E-state index in [1.54, 1.807) is 17.4 Å². The Morgan fingerprint density at radius 3 is 2.50 bits per heavy atom. The van der Waals surface area contributed by atoms with E-state index in [-0.39, 0.29) is 10.9 Å². The highest BCUT2D eigenvalue weighted by Gasteiger charge is 2.13. The van der Waals surface area contributed by atoms with Crippen molar-refractivity contribution in [3.63, 3.8) is 0 Å². The zero-order valence-corrected chi connectivity index (χ0v) is 14.3. The molecule has 4 nitrogen and oxygen atoms in total. The molecule has 0 saturated heterocycles. The Labute approximate surface area is 131 Å². The number of nitrogens with one attached hydrogen (secondary N) is 1. The molecule has 2 aromatic rings. The van der Waals surface area contributed by atoms with E-state index < -0.39 is 10.0 Å². The molecule has 7 heteroatoms. The Kier molecular flexibility index (Phi) is 4.53. The van der Waals surface area contributed by atoms with E-state index in [9.17, 15) is 8.42 Å². The average molecular weight is 375 g/mol. The summed E-state index contributed by atoms with van der Waals surface area (Å²) < 4.78 is 23.2. The van der Waals surface area contributed by atoms with Crippen molar-refractivity contribution in [2.75, 3.05) is 5.32 Å². The normalized spacial score (nSPS) is 13.2. The predicted molar refractivity (Wildman–Crippen MR) is 86.6 cm³/mol. The molecular formula is C13H15BrN2O2S2. The van der Waals surface area contributed by atoms with Gasteiger partial charge in [0.2, 0.25) is 10.0 Å². The lowest BCUT2D eigenvalue weighted by atomic mass is 10.2. The summed E-state index contributed by atoms with van der Waals surface area (Å²) >= 11 is 5.10. The van der Waals surface area contributed by atoms with Gasteiger partial charge in [0.05, 0.1) is 10.9 Å². The molecule has 0 amide bonds. The van der Waals surface area contributed by atoms with E-state index in [1.165, 1.54) is 21.9 Å². The molecule has 0 aliphatic rings. The van der Waals surface area contributed by atoms with Gasteiger partial charge in [-0.25, -0.2) is 13.6 Å². The molecule has 1 aromatic carbocycles. The van der Waals surface area contributed by atoms with Gasteiger partial charge in [-0.2, -0.15) is 0 Å². The van der Waals surface area contributed by atoms with Crippen LogP contribution in [0.15, 0.2) is 39.7 Å². The second kappa shape index (κ2) is 5.85. The van der Waals surface area contributed by atoms with Crippen molar-refractivity contribution in [2.45, 2.75) is 24.8 Å². The highest BCUT2D eigenvalue weighted by molar-refractivity contribution is 9.10. The first kappa shape index (κ1) is 15.5. The van der Waals surface area contributed by atoms with Gasteiger partial charge in [-0.15, -0.1) is 11.3 Å². The van der Waals surface area contributed by atoms with E-state index >= 15 is 0 Å². The Morgan fingerprint density at radius 2 is 2.00 bits per heavy atom. The number of rotatable bonds is 4. The van der Waals surface area contributed by atoms with Crippen molar-refractivity contribution >= 4 is 43.0 Å². The second-order valence-corrected chi connectivity index (χ2v) is 8.24. The molecule has 3 N–H and O–H groups in total. The third kappa shape index (κ3) is 3.60. The minimum atomic E-state index is -3.68. The Bertz CT molecular complexity index is 726. The fourth-order valence-corrected chi connectivity index (χ4v) is 3.84. The standard InChI is InChI=1S/C13H15BrN2O2S2/c1-8-3-6-13(19-8)9(2)16-12-5-4-10(7-11(12)14)20(15,17)18/h3-7,9,16H,1-2H3,(H2,15,17,18). The fraction of sp³-hybridized carbons (Fsp3) is 0.231. The highest BCUT2D eigenvalue weighted by atomic mass is 79.9. The lowest BCUT2D eigenvalue weighted by Gasteiger charge is -2.15. The molecule has 0 fully saturated rings. The summed E-state index contributed by atoms with van der Waals surface area (Å²) in [5.74, 6) is 0. The molecule has 0 bridgehead atoms. The lowest BCUT2D eigenvalue weighted by Crippen LogP contribution is -2.12. The van der Waals surface area contributed by atoms with Gasteiger partial charge in [0, 0.05) is 19.9 Å². The van der Waals surface area contributed by atoms with Crippen LogP contribution in [0, 0.1) is 6.92 Å². The first-order chi connectivity index (χ1) is 9.27. The van der Waals surface area contributed by atoms with Crippen molar-refractivity contribution < 1.29 is 8.42 Å². The molecule has 1 heterocycles. The molecule has 0 aliphatic heterocycles. The largest absolute Gasteiger partial charge is 0.377 e. The zero-order valence-electron chi connectivity index (χ0n) is 11.1. The predicted octanol–water partition coefficient (Wildman–Crippen LogP) is 3.64. The van der Waals surface area contributed by atoms with Crippen LogP contribution in [0.3, 0.4) is 0 Å². The molecule has 108 valence electrons. The summed E-state index contributed by atoms with van der Waals surface area (Å²) in [5.41, 5.74) is 0.830. The van der Waals surface area contributed by atoms with Crippen LogP contribution in [0.1, 0.15) is 22.7 Å². The summed E-state index contributed by atoms with van der Waals surface area (Å²) in [7, 11) is -3.68. The van der Waals surface area contributed by atoms with Crippen molar-refractivity contribution in [3.05, 3.63) is 44.6 Å². The van der Waals surface area contributed by atoms with E-state index in [2.05, 4.69) is 47.2 Å². The second-order valence-electron chi connectivity index (χ2n) is 4.50. The quantitative estimate of drug-likeness (QED) is 0.857. The number of thiophene rings is 1. The molecule has 2 rings (SSSR count). The van der Waals surface area contributed by atoms with Crippen LogP contribution in [0.2, 0.25) is 0 Å². The zero-order chi connectivity index (χ0) is 14.9. The number of anilines is 1. The SMILES string of the molecule is Cc1ccc(C(C)Nc2ccc(S(N)(=O)=O)cc2Br)s1. The maximum atomic E-state index is 11.3. The number of hydrogen-bond donors (Lipinski definition) is 2. The average Bonchev–Trinajstić information content (AvgIpc) is 2.77. The maximum Gasteiger partial charge on any atom is 0.238 e. The van der Waals surface area contributed by atoms with Crippen LogP contribution in [0.25, 0.3) is 0 Å². The third-order valence-corrected chi connectivity index (χ3v) is 5.58. The molecule has 1 atom stereocenters. The van der Waals surface area contributed by atoms with Gasteiger partial charge >= 0.3 is 0 Å². The van der Waals surface area contributed by atoms with Gasteiger partial charge in [0.1, 0.15) is 0 Å². The highest BCUT2D eigenvalue weighted by Crippen LogP contribution is 2.30. The van der Waals surface area contributed by atoms with E-state index in [4.69, 9.17) is 5.14 Å². The van der Waals surface area contributed by atoms with E-state index in [0.717, 1.165) is 5.69 Å². The maximum absolute atomic E-state index is 11.3. The molecule has 0 radical (unpaired) electrons. The van der Waals surface area contributed by atoms with Gasteiger partial charge in [-0.3, -0.25) is 0 Å². The lowest BCUT2D eigenvalue weighted by molar-refractivity contribution is 0.598. The van der Waals surface area contributed by atoms with Crippen molar-refractivity contribution in [1.82, 2.24) is 0 Å². The Balaban J connectivity index is 2.22. The summed E-state index contributed by atoms with van der Waals surface area (Å²) in [6.07, 6.45) is 0. The van der Waals surface area contributed by atoms with Crippen molar-refractivity contribution in [3.8, 4) is 0 Å². The first-order valence-electron chi connectivity index (χ1n) is 5.92. The summed E-state index contributed by atoms with van der Waals surface area (Å²) in [6.45, 7) is 4.13. The summed E-state index contributed by atoms with van der Waals surface area (Å²) in [6, 6.07) is 9.02. The fourth-order valence-electron chi connectivity index (χ4n) is 1.78. The molecule has 20 heavy (non-hydrogen) atoms. The summed E-state index contributed by atoms with van der Waals surface area (Å²) in [4.78, 5) is 2.58. The minimum Gasteiger partial charge on any atom is -0.377 e. The van der Waals surface area contributed by atoms with Crippen molar-refractivity contribution in [1.29, 1.82) is 0 Å². The topological polar surface area (TPSA) is 72.2 Å². The third-order valence-electron chi connectivity index (χ3n) is 2.83. The number of benzene rings is 1. The monoisotopic (exact) mass is 374 g/mol. The van der Waals surface area contributed by atoms with Crippen LogP contribution in [0.4, 0.5) is 5.69 Å². The molecule has 0 spiro atoms. The molecule has 1 aromatic heterocycles. The summed E-state index contributed by atoms with van der Waals surface area (Å²) in [5, 5.41) is 8.45. The first-order valence-corrected chi connectivity index (χ1v) is 9.08. The number of primary sulfonamides is 1. The van der Waals surface area contributed by atoms with Gasteiger partial charge in [0.15, 0.2) is 0 Å². The number of halogens is 1. The van der Waals surface area contributed by atoms with Gasteiger partial charge in [-0.05, 0) is 60.1 Å². The van der Waals surface area contributed by atoms with E-state index in [0.29, 0.717) is 4.47 Å². The Morgan fingerprint density at radius 1 is 1.30 bits per heavy atom. The van der Waals surface area contributed by atoms with Crippen LogP contribution < -0.4 is 10.5 Å². The number of aryl methyl sites for hydroxylation is 1. The smallest absolute Gasteiger partial charge is 0.238 e. The number of nitrogens with two attached hydrogens (primary N) is 1. The Hall–Kier alpha value is -0.890. The van der Waals surface area contributed by atoms with E-state index in [1.807, 2.05) is 0 Å². The van der Waals surface area contributed by atoms with Crippen LogP contribution in [-0.4, -0.2) is 8.42 Å². The van der Waals surface area contributed by atoms with Crippen LogP contribution >= 0.6 is 27.3 Å². The minimum absolute atomic E-state index is 0.0922. The molecule has 0 saturated carbocycles. The van der Waals surface area contributed by atoms with Crippen molar-refractivity contribution in [2.24, 2.45) is 5.14 Å². The van der Waals surface area contributed by atoms with Gasteiger partial charge < -0.3 is 5.32 Å².